The molecule has 2 saturated carbocycles. The monoisotopic (exact) mass is 374 g/mol. The van der Waals surface area contributed by atoms with Gasteiger partial charge in [-0.2, -0.15) is 0 Å². The van der Waals surface area contributed by atoms with Gasteiger partial charge in [0.15, 0.2) is 0 Å². The van der Waals surface area contributed by atoms with Gasteiger partial charge in [0, 0.05) is 35.3 Å². The standard InChI is InChI=1S/C22H34N2OS/c25-22(23-19-9-10-19)13-8-17-5-4-14-24(15-17)16-20-11-12-21(26-20)18-6-2-1-3-7-18/h11-12,17-19H,1-10,13-16H2,(H,23,25)/t17-/m0/s1. The van der Waals surface area contributed by atoms with Crippen molar-refractivity contribution in [3.63, 3.8) is 0 Å². The molecular formula is C22H34N2OS. The predicted octanol–water partition coefficient (Wildman–Crippen LogP) is 5.07. The van der Waals surface area contributed by atoms with Crippen molar-refractivity contribution in [3.05, 3.63) is 21.9 Å². The lowest BCUT2D eigenvalue weighted by atomic mass is 9.88. The fraction of sp³-hybridized carbons (Fsp3) is 0.773. The maximum absolute atomic E-state index is 11.9. The molecule has 1 amide bonds. The number of carbonyl (C=O) groups excluding carboxylic acids is 1. The molecule has 4 rings (SSSR count). The molecule has 1 aromatic heterocycles. The minimum atomic E-state index is 0.278. The number of hydrogen-bond acceptors (Lipinski definition) is 3. The summed E-state index contributed by atoms with van der Waals surface area (Å²) in [7, 11) is 0. The molecule has 2 heterocycles. The number of likely N-dealkylation sites (tertiary alicyclic amines) is 1. The smallest absolute Gasteiger partial charge is 0.220 e. The fourth-order valence-corrected chi connectivity index (χ4v) is 5.92. The number of nitrogens with one attached hydrogen (secondary N) is 1. The van der Waals surface area contributed by atoms with Crippen molar-refractivity contribution < 1.29 is 4.79 Å². The lowest BCUT2D eigenvalue weighted by Gasteiger charge is -2.32. The third kappa shape index (κ3) is 5.32. The van der Waals surface area contributed by atoms with Gasteiger partial charge in [-0.25, -0.2) is 0 Å². The summed E-state index contributed by atoms with van der Waals surface area (Å²) in [6.45, 7) is 3.51. The summed E-state index contributed by atoms with van der Waals surface area (Å²) in [4.78, 5) is 17.7. The molecule has 0 unspecified atom stereocenters. The minimum Gasteiger partial charge on any atom is -0.353 e. The number of thiophene rings is 1. The fourth-order valence-electron chi connectivity index (χ4n) is 4.70. The number of amides is 1. The van der Waals surface area contributed by atoms with Gasteiger partial charge in [0.05, 0.1) is 0 Å². The van der Waals surface area contributed by atoms with Gasteiger partial charge in [0.2, 0.25) is 5.91 Å². The first kappa shape index (κ1) is 18.5. The molecule has 0 spiro atoms. The van der Waals surface area contributed by atoms with Crippen molar-refractivity contribution in [3.8, 4) is 0 Å². The molecular weight excluding hydrogens is 340 g/mol. The third-order valence-corrected chi connectivity index (χ3v) is 7.63. The van der Waals surface area contributed by atoms with Crippen LogP contribution in [0, 0.1) is 5.92 Å². The second kappa shape index (κ2) is 8.88. The van der Waals surface area contributed by atoms with E-state index < -0.39 is 0 Å². The Morgan fingerprint density at radius 1 is 1.08 bits per heavy atom. The minimum absolute atomic E-state index is 0.278. The van der Waals surface area contributed by atoms with Crippen molar-refractivity contribution in [1.29, 1.82) is 0 Å². The second-order valence-corrected chi connectivity index (χ2v) is 9.96. The molecule has 1 saturated heterocycles. The van der Waals surface area contributed by atoms with Gasteiger partial charge >= 0.3 is 0 Å². The van der Waals surface area contributed by atoms with E-state index in [1.54, 1.807) is 4.88 Å². The molecule has 3 fully saturated rings. The van der Waals surface area contributed by atoms with Crippen molar-refractivity contribution in [2.75, 3.05) is 13.1 Å². The van der Waals surface area contributed by atoms with E-state index in [1.807, 2.05) is 0 Å². The summed E-state index contributed by atoms with van der Waals surface area (Å²) in [5, 5.41) is 3.13. The van der Waals surface area contributed by atoms with Crippen LogP contribution in [0.1, 0.15) is 86.3 Å². The highest BCUT2D eigenvalue weighted by Gasteiger charge is 2.25. The first-order chi connectivity index (χ1) is 12.8. The maximum atomic E-state index is 11.9. The highest BCUT2D eigenvalue weighted by atomic mass is 32.1. The molecule has 2 aliphatic carbocycles. The quantitative estimate of drug-likeness (QED) is 0.723. The Kier molecular flexibility index (Phi) is 6.31. The van der Waals surface area contributed by atoms with E-state index in [2.05, 4.69) is 33.7 Å². The Balaban J connectivity index is 1.22. The zero-order valence-corrected chi connectivity index (χ0v) is 16.9. The van der Waals surface area contributed by atoms with Crippen LogP contribution in [0.4, 0.5) is 0 Å². The van der Waals surface area contributed by atoms with Gasteiger partial charge in [-0.1, -0.05) is 19.3 Å². The summed E-state index contributed by atoms with van der Waals surface area (Å²) in [6, 6.07) is 5.28. The molecule has 144 valence electrons. The van der Waals surface area contributed by atoms with Gasteiger partial charge in [-0.05, 0) is 75.5 Å². The molecule has 0 aromatic carbocycles. The average molecular weight is 375 g/mol. The van der Waals surface area contributed by atoms with Gasteiger partial charge < -0.3 is 5.32 Å². The molecule has 26 heavy (non-hydrogen) atoms. The maximum Gasteiger partial charge on any atom is 0.220 e. The van der Waals surface area contributed by atoms with Crippen LogP contribution < -0.4 is 5.32 Å². The van der Waals surface area contributed by atoms with Crippen LogP contribution in [-0.2, 0) is 11.3 Å². The number of rotatable bonds is 7. The van der Waals surface area contributed by atoms with Crippen LogP contribution >= 0.6 is 11.3 Å². The first-order valence-electron chi connectivity index (χ1n) is 10.9. The summed E-state index contributed by atoms with van der Waals surface area (Å²) in [6.07, 6.45) is 13.8. The van der Waals surface area contributed by atoms with E-state index in [4.69, 9.17) is 0 Å². The molecule has 1 atom stereocenters. The summed E-state index contributed by atoms with van der Waals surface area (Å²) >= 11 is 2.06. The molecule has 0 bridgehead atoms. The second-order valence-electron chi connectivity index (χ2n) is 8.76. The Morgan fingerprint density at radius 3 is 2.73 bits per heavy atom. The zero-order valence-electron chi connectivity index (χ0n) is 16.0. The predicted molar refractivity (Wildman–Crippen MR) is 109 cm³/mol. The van der Waals surface area contributed by atoms with Crippen molar-refractivity contribution in [2.45, 2.75) is 89.1 Å². The summed E-state index contributed by atoms with van der Waals surface area (Å²) in [5.74, 6) is 1.81. The number of carbonyl (C=O) groups is 1. The molecule has 1 aliphatic heterocycles. The zero-order chi connectivity index (χ0) is 17.8. The number of hydrogen-bond donors (Lipinski definition) is 1. The van der Waals surface area contributed by atoms with E-state index in [0.29, 0.717) is 12.0 Å². The SMILES string of the molecule is O=C(CC[C@@H]1CCCN(Cc2ccc(C3CCCCC3)s2)C1)NC1CC1. The van der Waals surface area contributed by atoms with Gasteiger partial charge in [0.25, 0.3) is 0 Å². The highest BCUT2D eigenvalue weighted by molar-refractivity contribution is 7.12. The Morgan fingerprint density at radius 2 is 1.92 bits per heavy atom. The Hall–Kier alpha value is -0.870. The van der Waals surface area contributed by atoms with Crippen molar-refractivity contribution in [2.24, 2.45) is 5.92 Å². The van der Waals surface area contributed by atoms with E-state index in [9.17, 15) is 4.79 Å². The summed E-state index contributed by atoms with van der Waals surface area (Å²) in [5.41, 5.74) is 0. The average Bonchev–Trinajstić information content (AvgIpc) is 3.36. The lowest BCUT2D eigenvalue weighted by Crippen LogP contribution is -2.35. The van der Waals surface area contributed by atoms with Crippen LogP contribution in [0.5, 0.6) is 0 Å². The molecule has 0 radical (unpaired) electrons. The van der Waals surface area contributed by atoms with Crippen LogP contribution in [0.15, 0.2) is 12.1 Å². The van der Waals surface area contributed by atoms with Crippen LogP contribution in [0.3, 0.4) is 0 Å². The largest absolute Gasteiger partial charge is 0.353 e. The number of nitrogens with zero attached hydrogens (tertiary/aromatic N) is 1. The Bertz CT molecular complexity index is 589. The summed E-state index contributed by atoms with van der Waals surface area (Å²) < 4.78 is 0. The molecule has 3 aliphatic rings. The van der Waals surface area contributed by atoms with Gasteiger partial charge in [-0.3, -0.25) is 9.69 Å². The van der Waals surface area contributed by atoms with E-state index in [0.717, 1.165) is 25.3 Å². The van der Waals surface area contributed by atoms with Crippen LogP contribution in [-0.4, -0.2) is 29.9 Å². The molecule has 4 heteroatoms. The molecule has 1 aromatic rings. The topological polar surface area (TPSA) is 32.3 Å². The van der Waals surface area contributed by atoms with Crippen LogP contribution in [0.2, 0.25) is 0 Å². The first-order valence-corrected chi connectivity index (χ1v) is 11.7. The third-order valence-electron chi connectivity index (χ3n) is 6.39. The van der Waals surface area contributed by atoms with Crippen LogP contribution in [0.25, 0.3) is 0 Å². The molecule has 3 nitrogen and oxygen atoms in total. The van der Waals surface area contributed by atoms with E-state index in [-0.39, 0.29) is 5.91 Å². The number of piperidine rings is 1. The molecule has 1 N–H and O–H groups in total. The Labute approximate surface area is 162 Å². The highest BCUT2D eigenvalue weighted by Crippen LogP contribution is 2.36. The normalized spacial score (nSPS) is 25.3. The van der Waals surface area contributed by atoms with Gasteiger partial charge in [-0.15, -0.1) is 11.3 Å². The lowest BCUT2D eigenvalue weighted by molar-refractivity contribution is -0.121. The van der Waals surface area contributed by atoms with Crippen molar-refractivity contribution >= 4 is 17.2 Å². The van der Waals surface area contributed by atoms with Crippen molar-refractivity contribution in [1.82, 2.24) is 10.2 Å². The van der Waals surface area contributed by atoms with Gasteiger partial charge in [0.1, 0.15) is 0 Å². The van der Waals surface area contributed by atoms with E-state index >= 15 is 0 Å². The van der Waals surface area contributed by atoms with E-state index in [1.165, 1.54) is 75.8 Å².